The lowest BCUT2D eigenvalue weighted by Crippen LogP contribution is -2.02. The van der Waals surface area contributed by atoms with E-state index in [9.17, 15) is 0 Å². The molecule has 4 heteroatoms. The Balaban J connectivity index is 2.12. The molecule has 0 aliphatic heterocycles. The average molecular weight is 239 g/mol. The number of fused-ring (bicyclic) bond motifs is 1. The van der Waals surface area contributed by atoms with Crippen molar-refractivity contribution in [3.8, 4) is 11.5 Å². The Morgan fingerprint density at radius 1 is 1.00 bits per heavy atom. The molecule has 4 nitrogen and oxygen atoms in total. The van der Waals surface area contributed by atoms with E-state index >= 15 is 0 Å². The highest BCUT2D eigenvalue weighted by atomic mass is 16.4. The third kappa shape index (κ3) is 1.87. The zero-order valence-electron chi connectivity index (χ0n) is 9.84. The van der Waals surface area contributed by atoms with Crippen LogP contribution in [-0.4, -0.2) is 16.7 Å². The van der Waals surface area contributed by atoms with Crippen LogP contribution < -0.4 is 5.73 Å². The Morgan fingerprint density at radius 2 is 1.83 bits per heavy atom. The number of hydrogen-bond donors (Lipinski definition) is 1. The molecule has 0 fully saturated rings. The van der Waals surface area contributed by atoms with Gasteiger partial charge in [-0.1, -0.05) is 36.4 Å². The standard InChI is InChI=1S/C14H13N3O/c15-9-8-13-16-17-14(18-13)12-7-3-5-10-4-1-2-6-11(10)12/h1-7H,8-9,15H2. The number of benzene rings is 2. The third-order valence-corrected chi connectivity index (χ3v) is 2.85. The summed E-state index contributed by atoms with van der Waals surface area (Å²) in [4.78, 5) is 0. The molecule has 3 aromatic rings. The molecule has 0 aliphatic carbocycles. The first-order chi connectivity index (χ1) is 8.88. The van der Waals surface area contributed by atoms with Gasteiger partial charge in [0, 0.05) is 18.5 Å². The Hall–Kier alpha value is -2.20. The number of aromatic nitrogens is 2. The minimum absolute atomic E-state index is 0.511. The molecule has 90 valence electrons. The Bertz CT molecular complexity index is 670. The molecule has 0 spiro atoms. The van der Waals surface area contributed by atoms with Gasteiger partial charge in [0.25, 0.3) is 0 Å². The molecule has 0 amide bonds. The number of hydrogen-bond acceptors (Lipinski definition) is 4. The lowest BCUT2D eigenvalue weighted by atomic mass is 10.0. The number of nitrogens with two attached hydrogens (primary N) is 1. The highest BCUT2D eigenvalue weighted by Crippen LogP contribution is 2.27. The van der Waals surface area contributed by atoms with Crippen LogP contribution in [0.5, 0.6) is 0 Å². The molecule has 3 rings (SSSR count). The highest BCUT2D eigenvalue weighted by Gasteiger charge is 2.10. The number of rotatable bonds is 3. The van der Waals surface area contributed by atoms with Gasteiger partial charge >= 0.3 is 0 Å². The second kappa shape index (κ2) is 4.58. The van der Waals surface area contributed by atoms with E-state index in [0.717, 1.165) is 16.3 Å². The Kier molecular flexibility index (Phi) is 2.78. The topological polar surface area (TPSA) is 64.9 Å². The quantitative estimate of drug-likeness (QED) is 0.762. The maximum atomic E-state index is 5.62. The van der Waals surface area contributed by atoms with Gasteiger partial charge in [0.1, 0.15) is 0 Å². The summed E-state index contributed by atoms with van der Waals surface area (Å²) in [6.07, 6.45) is 0.609. The van der Waals surface area contributed by atoms with E-state index in [1.165, 1.54) is 0 Å². The maximum absolute atomic E-state index is 5.62. The molecule has 1 aromatic heterocycles. The summed E-state index contributed by atoms with van der Waals surface area (Å²) in [6.45, 7) is 0.511. The van der Waals surface area contributed by atoms with Crippen LogP contribution in [0, 0.1) is 0 Å². The van der Waals surface area contributed by atoms with E-state index in [0.29, 0.717) is 24.7 Å². The van der Waals surface area contributed by atoms with Gasteiger partial charge in [-0.2, -0.15) is 0 Å². The SMILES string of the molecule is NCCc1nnc(-c2cccc3ccccc23)o1. The molecule has 1 heterocycles. The zero-order chi connectivity index (χ0) is 12.4. The highest BCUT2D eigenvalue weighted by molar-refractivity contribution is 5.94. The Morgan fingerprint density at radius 3 is 2.72 bits per heavy atom. The van der Waals surface area contributed by atoms with Gasteiger partial charge in [0.15, 0.2) is 0 Å². The van der Waals surface area contributed by atoms with Gasteiger partial charge < -0.3 is 10.2 Å². The van der Waals surface area contributed by atoms with Crippen molar-refractivity contribution in [2.24, 2.45) is 5.73 Å². The molecule has 2 N–H and O–H groups in total. The summed E-state index contributed by atoms with van der Waals surface area (Å²) in [5.41, 5.74) is 6.43. The maximum Gasteiger partial charge on any atom is 0.248 e. The van der Waals surface area contributed by atoms with Crippen LogP contribution in [0.1, 0.15) is 5.89 Å². The smallest absolute Gasteiger partial charge is 0.248 e. The fourth-order valence-electron chi connectivity index (χ4n) is 2.00. The van der Waals surface area contributed by atoms with Crippen molar-refractivity contribution in [1.29, 1.82) is 0 Å². The lowest BCUT2D eigenvalue weighted by Gasteiger charge is -2.01. The van der Waals surface area contributed by atoms with Crippen LogP contribution in [0.3, 0.4) is 0 Å². The second-order valence-electron chi connectivity index (χ2n) is 4.07. The molecule has 0 unspecified atom stereocenters. The van der Waals surface area contributed by atoms with Crippen molar-refractivity contribution >= 4 is 10.8 Å². The normalized spacial score (nSPS) is 10.9. The van der Waals surface area contributed by atoms with Gasteiger partial charge in [-0.25, -0.2) is 0 Å². The molecule has 0 radical (unpaired) electrons. The molecule has 2 aromatic carbocycles. The van der Waals surface area contributed by atoms with Crippen molar-refractivity contribution in [3.63, 3.8) is 0 Å². The average Bonchev–Trinajstić information content (AvgIpc) is 2.87. The Labute approximate surface area is 104 Å². The van der Waals surface area contributed by atoms with Crippen LogP contribution in [0.2, 0.25) is 0 Å². The van der Waals surface area contributed by atoms with Crippen molar-refractivity contribution in [1.82, 2.24) is 10.2 Å². The summed E-state index contributed by atoms with van der Waals surface area (Å²) in [5.74, 6) is 1.13. The predicted molar refractivity (Wildman–Crippen MR) is 70.0 cm³/mol. The summed E-state index contributed by atoms with van der Waals surface area (Å²) in [5, 5.41) is 10.3. The van der Waals surface area contributed by atoms with E-state index in [-0.39, 0.29) is 0 Å². The third-order valence-electron chi connectivity index (χ3n) is 2.85. The summed E-state index contributed by atoms with van der Waals surface area (Å²) in [7, 11) is 0. The summed E-state index contributed by atoms with van der Waals surface area (Å²) in [6, 6.07) is 14.2. The van der Waals surface area contributed by atoms with Gasteiger partial charge in [0.05, 0.1) is 0 Å². The minimum Gasteiger partial charge on any atom is -0.421 e. The van der Waals surface area contributed by atoms with Gasteiger partial charge in [-0.05, 0) is 16.8 Å². The van der Waals surface area contributed by atoms with Gasteiger partial charge in [-0.15, -0.1) is 10.2 Å². The molecule has 0 aliphatic rings. The molecular formula is C14H13N3O. The molecule has 18 heavy (non-hydrogen) atoms. The first-order valence-corrected chi connectivity index (χ1v) is 5.89. The van der Waals surface area contributed by atoms with Crippen molar-refractivity contribution in [2.45, 2.75) is 6.42 Å². The van der Waals surface area contributed by atoms with Crippen LogP contribution in [-0.2, 0) is 6.42 Å². The predicted octanol–water partition coefficient (Wildman–Crippen LogP) is 2.39. The number of nitrogens with zero attached hydrogens (tertiary/aromatic N) is 2. The van der Waals surface area contributed by atoms with E-state index in [2.05, 4.69) is 28.4 Å². The van der Waals surface area contributed by atoms with E-state index < -0.39 is 0 Å². The van der Waals surface area contributed by atoms with Crippen LogP contribution in [0.15, 0.2) is 46.9 Å². The molecule has 0 saturated carbocycles. The monoisotopic (exact) mass is 239 g/mol. The van der Waals surface area contributed by atoms with Crippen LogP contribution in [0.25, 0.3) is 22.2 Å². The molecule has 0 saturated heterocycles. The van der Waals surface area contributed by atoms with Crippen molar-refractivity contribution < 1.29 is 4.42 Å². The first-order valence-electron chi connectivity index (χ1n) is 5.89. The lowest BCUT2D eigenvalue weighted by molar-refractivity contribution is 0.507. The summed E-state index contributed by atoms with van der Waals surface area (Å²) >= 11 is 0. The van der Waals surface area contributed by atoms with Crippen LogP contribution in [0.4, 0.5) is 0 Å². The largest absolute Gasteiger partial charge is 0.421 e. The minimum atomic E-state index is 0.511. The fraction of sp³-hybridized carbons (Fsp3) is 0.143. The van der Waals surface area contributed by atoms with Crippen molar-refractivity contribution in [2.75, 3.05) is 6.54 Å². The van der Waals surface area contributed by atoms with Crippen LogP contribution >= 0.6 is 0 Å². The van der Waals surface area contributed by atoms with E-state index in [1.54, 1.807) is 0 Å². The fourth-order valence-corrected chi connectivity index (χ4v) is 2.00. The second-order valence-corrected chi connectivity index (χ2v) is 4.07. The zero-order valence-corrected chi connectivity index (χ0v) is 9.84. The summed E-state index contributed by atoms with van der Waals surface area (Å²) < 4.78 is 5.62. The van der Waals surface area contributed by atoms with Crippen molar-refractivity contribution in [3.05, 3.63) is 48.4 Å². The van der Waals surface area contributed by atoms with E-state index in [4.69, 9.17) is 10.2 Å². The first kappa shape index (κ1) is 10.9. The molecule has 0 bridgehead atoms. The van der Waals surface area contributed by atoms with Gasteiger partial charge in [0.2, 0.25) is 11.8 Å². The van der Waals surface area contributed by atoms with E-state index in [1.807, 2.05) is 24.3 Å². The van der Waals surface area contributed by atoms with Gasteiger partial charge in [-0.3, -0.25) is 0 Å². The molecular weight excluding hydrogens is 226 g/mol. The molecule has 0 atom stereocenters.